The SMILES string of the molecule is Cc1ccc(CC(=O)OCc2ccccc2)cc1.O=C(Cc1ccc(O)cc1)OCc1ccccc1. The summed E-state index contributed by atoms with van der Waals surface area (Å²) in [5, 5.41) is 9.13. The van der Waals surface area contributed by atoms with Crippen molar-refractivity contribution in [3.63, 3.8) is 0 Å². The number of rotatable bonds is 8. The first-order chi connectivity index (χ1) is 17.5. The monoisotopic (exact) mass is 482 g/mol. The average Bonchev–Trinajstić information content (AvgIpc) is 2.91. The first-order valence-electron chi connectivity index (χ1n) is 11.7. The Balaban J connectivity index is 0.000000201. The van der Waals surface area contributed by atoms with Gasteiger partial charge in [-0.25, -0.2) is 0 Å². The molecule has 0 fully saturated rings. The van der Waals surface area contributed by atoms with Crippen LogP contribution >= 0.6 is 0 Å². The minimum Gasteiger partial charge on any atom is -0.508 e. The highest BCUT2D eigenvalue weighted by molar-refractivity contribution is 5.73. The molecule has 0 atom stereocenters. The van der Waals surface area contributed by atoms with Crippen molar-refractivity contribution in [1.82, 2.24) is 0 Å². The van der Waals surface area contributed by atoms with Crippen molar-refractivity contribution in [2.45, 2.75) is 33.0 Å². The molecule has 4 rings (SSSR count). The van der Waals surface area contributed by atoms with Crippen LogP contribution in [0, 0.1) is 6.92 Å². The predicted octanol–water partition coefficient (Wildman–Crippen LogP) is 5.96. The Labute approximate surface area is 212 Å². The van der Waals surface area contributed by atoms with Crippen LogP contribution in [0.15, 0.2) is 109 Å². The zero-order chi connectivity index (χ0) is 25.6. The summed E-state index contributed by atoms with van der Waals surface area (Å²) in [6.45, 7) is 2.65. The number of hydrogen-bond donors (Lipinski definition) is 1. The maximum atomic E-state index is 11.6. The van der Waals surface area contributed by atoms with Crippen molar-refractivity contribution in [2.24, 2.45) is 0 Å². The highest BCUT2D eigenvalue weighted by Gasteiger charge is 2.06. The van der Waals surface area contributed by atoms with Gasteiger partial charge in [0.25, 0.3) is 0 Å². The molecule has 0 spiro atoms. The number of benzene rings is 4. The average molecular weight is 483 g/mol. The van der Waals surface area contributed by atoms with E-state index in [4.69, 9.17) is 14.6 Å². The summed E-state index contributed by atoms with van der Waals surface area (Å²) < 4.78 is 10.4. The van der Waals surface area contributed by atoms with Crippen LogP contribution in [-0.4, -0.2) is 17.0 Å². The van der Waals surface area contributed by atoms with E-state index in [1.54, 1.807) is 24.3 Å². The molecule has 0 saturated carbocycles. The van der Waals surface area contributed by atoms with Gasteiger partial charge in [-0.1, -0.05) is 103 Å². The highest BCUT2D eigenvalue weighted by Crippen LogP contribution is 2.11. The van der Waals surface area contributed by atoms with Crippen LogP contribution in [0.3, 0.4) is 0 Å². The molecule has 0 bridgehead atoms. The second-order valence-corrected chi connectivity index (χ2v) is 8.30. The lowest BCUT2D eigenvalue weighted by Gasteiger charge is -2.05. The van der Waals surface area contributed by atoms with E-state index < -0.39 is 0 Å². The number of carbonyl (C=O) groups excluding carboxylic acids is 2. The molecule has 0 amide bonds. The Morgan fingerprint density at radius 1 is 0.556 bits per heavy atom. The van der Waals surface area contributed by atoms with Crippen molar-refractivity contribution in [1.29, 1.82) is 0 Å². The lowest BCUT2D eigenvalue weighted by molar-refractivity contribution is -0.145. The molecule has 1 N–H and O–H groups in total. The second-order valence-electron chi connectivity index (χ2n) is 8.30. The number of aryl methyl sites for hydroxylation is 1. The lowest BCUT2D eigenvalue weighted by Crippen LogP contribution is -2.07. The molecule has 36 heavy (non-hydrogen) atoms. The minimum atomic E-state index is -0.274. The van der Waals surface area contributed by atoms with Crippen molar-refractivity contribution in [3.05, 3.63) is 137 Å². The number of phenolic OH excluding ortho intramolecular Hbond substituents is 1. The van der Waals surface area contributed by atoms with E-state index in [1.165, 1.54) is 5.56 Å². The van der Waals surface area contributed by atoms with Crippen molar-refractivity contribution < 1.29 is 24.2 Å². The molecular formula is C31H30O5. The maximum absolute atomic E-state index is 11.6. The Kier molecular flexibility index (Phi) is 10.3. The first kappa shape index (κ1) is 26.2. The summed E-state index contributed by atoms with van der Waals surface area (Å²) in [4.78, 5) is 23.2. The van der Waals surface area contributed by atoms with Gasteiger partial charge in [0.05, 0.1) is 12.8 Å². The number of ether oxygens (including phenoxy) is 2. The van der Waals surface area contributed by atoms with Crippen molar-refractivity contribution >= 4 is 11.9 Å². The summed E-state index contributed by atoms with van der Waals surface area (Å²) >= 11 is 0. The van der Waals surface area contributed by atoms with Gasteiger partial charge >= 0.3 is 11.9 Å². The van der Waals surface area contributed by atoms with Crippen LogP contribution < -0.4 is 0 Å². The van der Waals surface area contributed by atoms with Crippen LogP contribution in [0.4, 0.5) is 0 Å². The van der Waals surface area contributed by atoms with Gasteiger partial charge in [0.15, 0.2) is 0 Å². The normalized spacial score (nSPS) is 10.0. The maximum Gasteiger partial charge on any atom is 0.310 e. The van der Waals surface area contributed by atoms with Gasteiger partial charge in [-0.3, -0.25) is 9.59 Å². The van der Waals surface area contributed by atoms with Crippen LogP contribution in [0.5, 0.6) is 5.75 Å². The molecule has 0 aliphatic rings. The molecule has 4 aromatic carbocycles. The summed E-state index contributed by atoms with van der Waals surface area (Å²) in [5.41, 5.74) is 4.98. The van der Waals surface area contributed by atoms with Crippen LogP contribution in [0.25, 0.3) is 0 Å². The number of phenols is 1. The topological polar surface area (TPSA) is 72.8 Å². The van der Waals surface area contributed by atoms with Crippen molar-refractivity contribution in [2.75, 3.05) is 0 Å². The van der Waals surface area contributed by atoms with E-state index >= 15 is 0 Å². The molecule has 4 aromatic rings. The fourth-order valence-electron chi connectivity index (χ4n) is 3.23. The van der Waals surface area contributed by atoms with E-state index in [-0.39, 0.29) is 30.7 Å². The fraction of sp³-hybridized carbons (Fsp3) is 0.161. The van der Waals surface area contributed by atoms with E-state index in [0.29, 0.717) is 13.0 Å². The van der Waals surface area contributed by atoms with Crippen LogP contribution in [0.1, 0.15) is 27.8 Å². The standard InChI is InChI=1S/C16H16O2.C15H14O3/c1-13-7-9-14(10-8-13)11-16(17)18-12-15-5-3-2-4-6-15;16-14-8-6-12(7-9-14)10-15(17)18-11-13-4-2-1-3-5-13/h2-10H,11-12H2,1H3;1-9,16H,10-11H2. The molecule has 0 radical (unpaired) electrons. The summed E-state index contributed by atoms with van der Waals surface area (Å²) in [7, 11) is 0. The fourth-order valence-corrected chi connectivity index (χ4v) is 3.23. The van der Waals surface area contributed by atoms with Crippen LogP contribution in [0.2, 0.25) is 0 Å². The van der Waals surface area contributed by atoms with Gasteiger partial charge in [-0.05, 0) is 41.3 Å². The molecule has 5 heteroatoms. The highest BCUT2D eigenvalue weighted by atomic mass is 16.5. The summed E-state index contributed by atoms with van der Waals surface area (Å²) in [5.74, 6) is -0.274. The lowest BCUT2D eigenvalue weighted by atomic mass is 10.1. The third-order valence-corrected chi connectivity index (χ3v) is 5.24. The number of carbonyl (C=O) groups is 2. The number of esters is 2. The smallest absolute Gasteiger partial charge is 0.310 e. The Morgan fingerprint density at radius 2 is 0.944 bits per heavy atom. The molecule has 184 valence electrons. The molecule has 0 aromatic heterocycles. The van der Waals surface area contributed by atoms with Crippen LogP contribution in [-0.2, 0) is 45.1 Å². The van der Waals surface area contributed by atoms with Crippen molar-refractivity contribution in [3.8, 4) is 5.75 Å². The molecular weight excluding hydrogens is 452 g/mol. The van der Waals surface area contributed by atoms with Gasteiger partial charge in [0, 0.05) is 0 Å². The third-order valence-electron chi connectivity index (χ3n) is 5.24. The summed E-state index contributed by atoms with van der Waals surface area (Å²) in [6, 6.07) is 33.7. The summed E-state index contributed by atoms with van der Waals surface area (Å²) in [6.07, 6.45) is 0.542. The van der Waals surface area contributed by atoms with E-state index in [1.807, 2.05) is 91.9 Å². The van der Waals surface area contributed by atoms with E-state index in [9.17, 15) is 9.59 Å². The minimum absolute atomic E-state index is 0.191. The quantitative estimate of drug-likeness (QED) is 0.314. The number of aromatic hydroxyl groups is 1. The van der Waals surface area contributed by atoms with Gasteiger partial charge in [0.1, 0.15) is 19.0 Å². The molecule has 0 saturated heterocycles. The number of hydrogen-bond acceptors (Lipinski definition) is 5. The molecule has 0 aliphatic heterocycles. The molecule has 0 unspecified atom stereocenters. The predicted molar refractivity (Wildman–Crippen MR) is 139 cm³/mol. The Bertz CT molecular complexity index is 1100. The Hall–Kier alpha value is -4.38. The molecule has 0 heterocycles. The zero-order valence-corrected chi connectivity index (χ0v) is 20.3. The molecule has 5 nitrogen and oxygen atoms in total. The Morgan fingerprint density at radius 3 is 1.36 bits per heavy atom. The largest absolute Gasteiger partial charge is 0.508 e. The van der Waals surface area contributed by atoms with Gasteiger partial charge < -0.3 is 14.6 Å². The van der Waals surface area contributed by atoms with Gasteiger partial charge in [0.2, 0.25) is 0 Å². The zero-order valence-electron chi connectivity index (χ0n) is 20.3. The van der Waals surface area contributed by atoms with E-state index in [2.05, 4.69) is 0 Å². The molecule has 0 aliphatic carbocycles. The van der Waals surface area contributed by atoms with Gasteiger partial charge in [-0.2, -0.15) is 0 Å². The van der Waals surface area contributed by atoms with E-state index in [0.717, 1.165) is 22.3 Å². The third kappa shape index (κ3) is 9.85. The first-order valence-corrected chi connectivity index (χ1v) is 11.7. The van der Waals surface area contributed by atoms with Gasteiger partial charge in [-0.15, -0.1) is 0 Å². The second kappa shape index (κ2) is 14.1.